The van der Waals surface area contributed by atoms with E-state index < -0.39 is 0 Å². The predicted molar refractivity (Wildman–Crippen MR) is 95.0 cm³/mol. The molecule has 0 radical (unpaired) electrons. The van der Waals surface area contributed by atoms with Crippen LogP contribution in [0.25, 0.3) is 11.3 Å². The van der Waals surface area contributed by atoms with Crippen molar-refractivity contribution in [1.82, 2.24) is 15.1 Å². The number of aryl methyl sites for hydroxylation is 2. The van der Waals surface area contributed by atoms with E-state index in [9.17, 15) is 0 Å². The maximum atomic E-state index is 6.02. The second-order valence-corrected chi connectivity index (χ2v) is 6.02. The van der Waals surface area contributed by atoms with E-state index in [0.29, 0.717) is 11.6 Å². The van der Waals surface area contributed by atoms with Crippen LogP contribution in [0.3, 0.4) is 0 Å². The Morgan fingerprint density at radius 2 is 2.12 bits per heavy atom. The smallest absolute Gasteiger partial charge is 0.156 e. The molecule has 0 bridgehead atoms. The summed E-state index contributed by atoms with van der Waals surface area (Å²) in [7, 11) is 0. The van der Waals surface area contributed by atoms with Crippen molar-refractivity contribution in [3.63, 3.8) is 0 Å². The molecule has 5 nitrogen and oxygen atoms in total. The maximum Gasteiger partial charge on any atom is 0.156 e. The summed E-state index contributed by atoms with van der Waals surface area (Å²) in [6.07, 6.45) is 3.86. The minimum absolute atomic E-state index is 0.515. The van der Waals surface area contributed by atoms with Crippen LogP contribution >= 0.6 is 11.6 Å². The number of anilines is 1. The lowest BCUT2D eigenvalue weighted by Crippen LogP contribution is -2.06. The maximum absolute atomic E-state index is 6.02. The summed E-state index contributed by atoms with van der Waals surface area (Å²) in [6, 6.07) is 9.45. The summed E-state index contributed by atoms with van der Waals surface area (Å²) >= 11 is 6.02. The molecule has 124 valence electrons. The first-order valence-electron chi connectivity index (χ1n) is 7.93. The van der Waals surface area contributed by atoms with Crippen LogP contribution in [-0.2, 0) is 13.0 Å². The first-order valence-corrected chi connectivity index (χ1v) is 8.31. The van der Waals surface area contributed by atoms with Crippen LogP contribution in [0.15, 0.2) is 41.1 Å². The van der Waals surface area contributed by atoms with Gasteiger partial charge in [-0.05, 0) is 25.5 Å². The van der Waals surface area contributed by atoms with E-state index in [0.717, 1.165) is 47.1 Å². The van der Waals surface area contributed by atoms with Crippen LogP contribution in [0.1, 0.15) is 30.5 Å². The molecular formula is C18H19ClN4O. The van der Waals surface area contributed by atoms with E-state index in [-0.39, 0.29) is 0 Å². The third-order valence-corrected chi connectivity index (χ3v) is 3.85. The molecule has 0 aliphatic rings. The summed E-state index contributed by atoms with van der Waals surface area (Å²) < 4.78 is 5.41. The first-order chi connectivity index (χ1) is 11.7. The van der Waals surface area contributed by atoms with Gasteiger partial charge in [-0.2, -0.15) is 0 Å². The van der Waals surface area contributed by atoms with Gasteiger partial charge in [0.25, 0.3) is 0 Å². The topological polar surface area (TPSA) is 63.8 Å². The molecule has 3 aromatic rings. The first kappa shape index (κ1) is 16.5. The van der Waals surface area contributed by atoms with E-state index in [1.165, 1.54) is 0 Å². The van der Waals surface area contributed by atoms with Crippen LogP contribution in [0.5, 0.6) is 0 Å². The van der Waals surface area contributed by atoms with Gasteiger partial charge in [0.05, 0.1) is 6.54 Å². The Morgan fingerprint density at radius 3 is 2.92 bits per heavy atom. The van der Waals surface area contributed by atoms with Crippen molar-refractivity contribution >= 4 is 17.4 Å². The van der Waals surface area contributed by atoms with Gasteiger partial charge >= 0.3 is 0 Å². The SMILES string of the molecule is CCCc1cnc(C)nc1NCc1cc(-c2cccc(Cl)c2)no1. The summed E-state index contributed by atoms with van der Waals surface area (Å²) in [5.74, 6) is 2.34. The number of halogens is 1. The number of benzene rings is 1. The second-order valence-electron chi connectivity index (χ2n) is 5.58. The van der Waals surface area contributed by atoms with E-state index in [4.69, 9.17) is 16.1 Å². The molecule has 0 spiro atoms. The second kappa shape index (κ2) is 7.45. The highest BCUT2D eigenvalue weighted by Gasteiger charge is 2.09. The zero-order valence-electron chi connectivity index (χ0n) is 13.7. The van der Waals surface area contributed by atoms with Crippen molar-refractivity contribution in [3.8, 4) is 11.3 Å². The van der Waals surface area contributed by atoms with Gasteiger partial charge in [0.1, 0.15) is 17.3 Å². The number of hydrogen-bond acceptors (Lipinski definition) is 5. The summed E-state index contributed by atoms with van der Waals surface area (Å²) in [4.78, 5) is 8.75. The molecule has 0 unspecified atom stereocenters. The summed E-state index contributed by atoms with van der Waals surface area (Å²) in [5, 5.41) is 8.11. The molecule has 0 saturated heterocycles. The normalized spacial score (nSPS) is 10.8. The van der Waals surface area contributed by atoms with E-state index in [1.807, 2.05) is 43.5 Å². The fourth-order valence-electron chi connectivity index (χ4n) is 2.45. The van der Waals surface area contributed by atoms with Gasteiger partial charge in [-0.1, -0.05) is 42.2 Å². The molecule has 0 amide bonds. The van der Waals surface area contributed by atoms with Crippen molar-refractivity contribution in [3.05, 3.63) is 58.7 Å². The van der Waals surface area contributed by atoms with E-state index in [2.05, 4.69) is 27.4 Å². The molecular weight excluding hydrogens is 324 g/mol. The van der Waals surface area contributed by atoms with Gasteiger partial charge in [0.2, 0.25) is 0 Å². The molecule has 0 aliphatic heterocycles. The monoisotopic (exact) mass is 342 g/mol. The van der Waals surface area contributed by atoms with Gasteiger partial charge in [-0.15, -0.1) is 0 Å². The van der Waals surface area contributed by atoms with Crippen molar-refractivity contribution in [2.75, 3.05) is 5.32 Å². The largest absolute Gasteiger partial charge is 0.362 e. The lowest BCUT2D eigenvalue weighted by molar-refractivity contribution is 0.390. The van der Waals surface area contributed by atoms with E-state index >= 15 is 0 Å². The van der Waals surface area contributed by atoms with E-state index in [1.54, 1.807) is 0 Å². The molecule has 6 heteroatoms. The van der Waals surface area contributed by atoms with Crippen LogP contribution < -0.4 is 5.32 Å². The van der Waals surface area contributed by atoms with Gasteiger partial charge in [0.15, 0.2) is 5.76 Å². The molecule has 1 aromatic carbocycles. The highest BCUT2D eigenvalue weighted by molar-refractivity contribution is 6.30. The van der Waals surface area contributed by atoms with Crippen LogP contribution in [0.4, 0.5) is 5.82 Å². The molecule has 0 fully saturated rings. The predicted octanol–water partition coefficient (Wildman–Crippen LogP) is 4.66. The molecule has 24 heavy (non-hydrogen) atoms. The van der Waals surface area contributed by atoms with Crippen molar-refractivity contribution in [2.24, 2.45) is 0 Å². The highest BCUT2D eigenvalue weighted by atomic mass is 35.5. The third-order valence-electron chi connectivity index (χ3n) is 3.61. The van der Waals surface area contributed by atoms with Crippen molar-refractivity contribution < 1.29 is 4.52 Å². The lowest BCUT2D eigenvalue weighted by atomic mass is 10.1. The fourth-order valence-corrected chi connectivity index (χ4v) is 2.64. The Morgan fingerprint density at radius 1 is 1.25 bits per heavy atom. The Hall–Kier alpha value is -2.40. The number of hydrogen-bond donors (Lipinski definition) is 1. The van der Waals surface area contributed by atoms with Crippen LogP contribution in [0.2, 0.25) is 5.02 Å². The number of aromatic nitrogens is 3. The number of rotatable bonds is 6. The lowest BCUT2D eigenvalue weighted by Gasteiger charge is -2.09. The Balaban J connectivity index is 1.73. The Kier molecular flexibility index (Phi) is 5.11. The molecule has 0 aliphatic carbocycles. The minimum atomic E-state index is 0.515. The van der Waals surface area contributed by atoms with Crippen molar-refractivity contribution in [1.29, 1.82) is 0 Å². The molecule has 0 saturated carbocycles. The zero-order chi connectivity index (χ0) is 16.9. The summed E-state index contributed by atoms with van der Waals surface area (Å²) in [6.45, 7) is 4.53. The standard InChI is InChI=1S/C18H19ClN4O/c1-3-5-14-10-20-12(2)22-18(14)21-11-16-9-17(23-24-16)13-6-4-7-15(19)8-13/h4,6-10H,3,5,11H2,1-2H3,(H,20,21,22). The van der Waals surface area contributed by atoms with Gasteiger partial charge in [0, 0.05) is 28.4 Å². The Bertz CT molecular complexity index is 831. The van der Waals surface area contributed by atoms with Crippen LogP contribution in [-0.4, -0.2) is 15.1 Å². The Labute approximate surface area is 146 Å². The van der Waals surface area contributed by atoms with Crippen LogP contribution in [0, 0.1) is 6.92 Å². The number of nitrogens with zero attached hydrogens (tertiary/aromatic N) is 3. The fraction of sp³-hybridized carbons (Fsp3) is 0.278. The zero-order valence-corrected chi connectivity index (χ0v) is 14.5. The minimum Gasteiger partial charge on any atom is -0.362 e. The average Bonchev–Trinajstić information content (AvgIpc) is 3.04. The molecule has 1 N–H and O–H groups in total. The number of nitrogens with one attached hydrogen (secondary N) is 1. The molecule has 2 aromatic heterocycles. The molecule has 3 rings (SSSR count). The highest BCUT2D eigenvalue weighted by Crippen LogP contribution is 2.23. The summed E-state index contributed by atoms with van der Waals surface area (Å²) in [5.41, 5.74) is 2.81. The van der Waals surface area contributed by atoms with Gasteiger partial charge in [-0.25, -0.2) is 9.97 Å². The molecule has 2 heterocycles. The van der Waals surface area contributed by atoms with Gasteiger partial charge in [-0.3, -0.25) is 0 Å². The molecule has 0 atom stereocenters. The van der Waals surface area contributed by atoms with Gasteiger partial charge < -0.3 is 9.84 Å². The third kappa shape index (κ3) is 3.92. The quantitative estimate of drug-likeness (QED) is 0.706. The van der Waals surface area contributed by atoms with Crippen molar-refractivity contribution in [2.45, 2.75) is 33.2 Å². The average molecular weight is 343 g/mol.